The molecule has 1 aromatic rings. The lowest BCUT2D eigenvalue weighted by Crippen LogP contribution is -2.43. The fourth-order valence-corrected chi connectivity index (χ4v) is 2.19. The molecule has 1 amide bonds. The lowest BCUT2D eigenvalue weighted by Gasteiger charge is -2.21. The molecule has 0 unspecified atom stereocenters. The Labute approximate surface area is 105 Å². The van der Waals surface area contributed by atoms with Crippen molar-refractivity contribution in [2.45, 2.75) is 25.4 Å². The summed E-state index contributed by atoms with van der Waals surface area (Å²) in [6.07, 6.45) is 3.75. The van der Waals surface area contributed by atoms with Gasteiger partial charge in [0.15, 0.2) is 0 Å². The van der Waals surface area contributed by atoms with Gasteiger partial charge in [0.2, 0.25) is 11.9 Å². The zero-order valence-electron chi connectivity index (χ0n) is 10.2. The Morgan fingerprint density at radius 2 is 2.56 bits per heavy atom. The molecule has 0 spiro atoms. The second-order valence-corrected chi connectivity index (χ2v) is 4.30. The zero-order chi connectivity index (χ0) is 13.0. The van der Waals surface area contributed by atoms with Crippen LogP contribution >= 0.6 is 0 Å². The molecule has 2 heterocycles. The number of nitrogens with two attached hydrogens (primary N) is 1. The predicted molar refractivity (Wildman–Crippen MR) is 67.4 cm³/mol. The van der Waals surface area contributed by atoms with Gasteiger partial charge in [-0.2, -0.15) is 4.98 Å². The molecule has 0 saturated carbocycles. The van der Waals surface area contributed by atoms with Crippen LogP contribution in [0.15, 0.2) is 12.7 Å². The van der Waals surface area contributed by atoms with Gasteiger partial charge in [-0.15, -0.1) is 11.7 Å². The van der Waals surface area contributed by atoms with Gasteiger partial charge in [0.25, 0.3) is 0 Å². The van der Waals surface area contributed by atoms with E-state index in [1.54, 1.807) is 0 Å². The van der Waals surface area contributed by atoms with Gasteiger partial charge in [-0.25, -0.2) is 0 Å². The molecular weight excluding hydrogens is 232 g/mol. The molecule has 7 nitrogen and oxygen atoms in total. The quantitative estimate of drug-likeness (QED) is 0.620. The number of aromatic amines is 1. The first kappa shape index (κ1) is 12.6. The number of anilines is 1. The maximum Gasteiger partial charge on any atom is 0.239 e. The number of hydrogen-bond acceptors (Lipinski definition) is 5. The van der Waals surface area contributed by atoms with E-state index in [0.29, 0.717) is 12.4 Å². The molecule has 0 aromatic carbocycles. The average molecular weight is 250 g/mol. The highest BCUT2D eigenvalue weighted by Crippen LogP contribution is 2.16. The molecule has 98 valence electrons. The van der Waals surface area contributed by atoms with Gasteiger partial charge in [0.05, 0.1) is 12.6 Å². The normalized spacial score (nSPS) is 19.9. The first-order chi connectivity index (χ1) is 8.70. The van der Waals surface area contributed by atoms with E-state index < -0.39 is 0 Å². The number of aromatic nitrogens is 3. The Hall–Kier alpha value is -1.89. The SMILES string of the molecule is C=CCN1CCC[C@H]1C(=O)NCc1nc(N)n[nH]1. The maximum absolute atomic E-state index is 12.0. The number of nitrogens with zero attached hydrogens (tertiary/aromatic N) is 3. The minimum atomic E-state index is -0.0664. The monoisotopic (exact) mass is 250 g/mol. The van der Waals surface area contributed by atoms with Crippen LogP contribution in [-0.2, 0) is 11.3 Å². The van der Waals surface area contributed by atoms with Crippen molar-refractivity contribution in [3.05, 3.63) is 18.5 Å². The van der Waals surface area contributed by atoms with Gasteiger partial charge < -0.3 is 11.1 Å². The smallest absolute Gasteiger partial charge is 0.239 e. The molecule has 0 bridgehead atoms. The first-order valence-electron chi connectivity index (χ1n) is 6.00. The van der Waals surface area contributed by atoms with Gasteiger partial charge in [0.1, 0.15) is 5.82 Å². The highest BCUT2D eigenvalue weighted by atomic mass is 16.2. The molecule has 2 rings (SSSR count). The Morgan fingerprint density at radius 1 is 1.72 bits per heavy atom. The summed E-state index contributed by atoms with van der Waals surface area (Å²) >= 11 is 0. The number of rotatable bonds is 5. The molecular formula is C11H18N6O. The second-order valence-electron chi connectivity index (χ2n) is 4.30. The third-order valence-electron chi connectivity index (χ3n) is 3.01. The molecule has 1 aliphatic rings. The van der Waals surface area contributed by atoms with Gasteiger partial charge in [0, 0.05) is 6.54 Å². The van der Waals surface area contributed by atoms with Crippen LogP contribution in [0.3, 0.4) is 0 Å². The fraction of sp³-hybridized carbons (Fsp3) is 0.545. The summed E-state index contributed by atoms with van der Waals surface area (Å²) in [7, 11) is 0. The molecule has 0 aliphatic carbocycles. The summed E-state index contributed by atoms with van der Waals surface area (Å²) in [6.45, 7) is 5.71. The van der Waals surface area contributed by atoms with Crippen molar-refractivity contribution >= 4 is 11.9 Å². The van der Waals surface area contributed by atoms with E-state index >= 15 is 0 Å². The standard InChI is InChI=1S/C11H18N6O/c1-2-5-17-6-3-4-8(17)10(18)13-7-9-14-11(12)16-15-9/h2,8H,1,3-7H2,(H,13,18)(H3,12,14,15,16)/t8-/m0/s1. The molecule has 1 fully saturated rings. The third kappa shape index (κ3) is 2.86. The van der Waals surface area contributed by atoms with Gasteiger partial charge in [-0.05, 0) is 19.4 Å². The van der Waals surface area contributed by atoms with Gasteiger partial charge in [-0.3, -0.25) is 14.8 Å². The molecule has 1 saturated heterocycles. The third-order valence-corrected chi connectivity index (χ3v) is 3.01. The first-order valence-corrected chi connectivity index (χ1v) is 6.00. The molecule has 1 aliphatic heterocycles. The average Bonchev–Trinajstić information content (AvgIpc) is 2.96. The van der Waals surface area contributed by atoms with Gasteiger partial charge in [-0.1, -0.05) is 6.08 Å². The van der Waals surface area contributed by atoms with Crippen LogP contribution in [0, 0.1) is 0 Å². The van der Waals surface area contributed by atoms with Crippen molar-refractivity contribution in [3.8, 4) is 0 Å². The summed E-state index contributed by atoms with van der Waals surface area (Å²) in [5.74, 6) is 0.770. The van der Waals surface area contributed by atoms with Crippen molar-refractivity contribution < 1.29 is 4.79 Å². The fourth-order valence-electron chi connectivity index (χ4n) is 2.19. The number of carbonyl (C=O) groups is 1. The lowest BCUT2D eigenvalue weighted by atomic mass is 10.2. The van der Waals surface area contributed by atoms with Crippen LogP contribution in [0.25, 0.3) is 0 Å². The largest absolute Gasteiger partial charge is 0.367 e. The molecule has 7 heteroatoms. The number of carbonyl (C=O) groups excluding carboxylic acids is 1. The number of nitrogens with one attached hydrogen (secondary N) is 2. The summed E-state index contributed by atoms with van der Waals surface area (Å²) in [6, 6.07) is -0.0664. The number of H-pyrrole nitrogens is 1. The van der Waals surface area contributed by atoms with E-state index in [0.717, 1.165) is 25.9 Å². The molecule has 0 radical (unpaired) electrons. The van der Waals surface area contributed by atoms with Crippen molar-refractivity contribution in [2.24, 2.45) is 0 Å². The number of hydrogen-bond donors (Lipinski definition) is 3. The topological polar surface area (TPSA) is 99.9 Å². The van der Waals surface area contributed by atoms with Crippen LogP contribution in [-0.4, -0.2) is 45.1 Å². The summed E-state index contributed by atoms with van der Waals surface area (Å²) in [5.41, 5.74) is 5.38. The van der Waals surface area contributed by atoms with Crippen LogP contribution in [0.1, 0.15) is 18.7 Å². The van der Waals surface area contributed by atoms with Crippen molar-refractivity contribution in [1.82, 2.24) is 25.4 Å². The summed E-state index contributed by atoms with van der Waals surface area (Å²) in [4.78, 5) is 18.1. The predicted octanol–water partition coefficient (Wildman–Crippen LogP) is -0.346. The van der Waals surface area contributed by atoms with E-state index in [2.05, 4.69) is 32.0 Å². The van der Waals surface area contributed by atoms with E-state index in [-0.39, 0.29) is 17.9 Å². The summed E-state index contributed by atoms with van der Waals surface area (Å²) in [5, 5.41) is 9.20. The van der Waals surface area contributed by atoms with Crippen LogP contribution in [0.5, 0.6) is 0 Å². The van der Waals surface area contributed by atoms with E-state index in [1.165, 1.54) is 0 Å². The van der Waals surface area contributed by atoms with Crippen molar-refractivity contribution in [2.75, 3.05) is 18.8 Å². The minimum Gasteiger partial charge on any atom is -0.367 e. The minimum absolute atomic E-state index is 0.0179. The molecule has 4 N–H and O–H groups in total. The van der Waals surface area contributed by atoms with Crippen LogP contribution < -0.4 is 11.1 Å². The maximum atomic E-state index is 12.0. The second kappa shape index (κ2) is 5.63. The number of nitrogen functional groups attached to an aromatic ring is 1. The zero-order valence-corrected chi connectivity index (χ0v) is 10.2. The van der Waals surface area contributed by atoms with E-state index in [4.69, 9.17) is 5.73 Å². The Bertz CT molecular complexity index is 429. The van der Waals surface area contributed by atoms with E-state index in [9.17, 15) is 4.79 Å². The summed E-state index contributed by atoms with van der Waals surface area (Å²) < 4.78 is 0. The van der Waals surface area contributed by atoms with Crippen molar-refractivity contribution in [3.63, 3.8) is 0 Å². The Balaban J connectivity index is 1.85. The van der Waals surface area contributed by atoms with Gasteiger partial charge >= 0.3 is 0 Å². The Morgan fingerprint density at radius 3 is 3.22 bits per heavy atom. The lowest BCUT2D eigenvalue weighted by molar-refractivity contribution is -0.125. The van der Waals surface area contributed by atoms with E-state index in [1.807, 2.05) is 6.08 Å². The number of amides is 1. The van der Waals surface area contributed by atoms with Crippen molar-refractivity contribution in [1.29, 1.82) is 0 Å². The molecule has 18 heavy (non-hydrogen) atoms. The molecule has 1 atom stereocenters. The highest BCUT2D eigenvalue weighted by Gasteiger charge is 2.29. The molecule has 1 aromatic heterocycles. The van der Waals surface area contributed by atoms with Crippen LogP contribution in [0.2, 0.25) is 0 Å². The number of likely N-dealkylation sites (tertiary alicyclic amines) is 1. The Kier molecular flexibility index (Phi) is 3.93. The highest BCUT2D eigenvalue weighted by molar-refractivity contribution is 5.81. The van der Waals surface area contributed by atoms with Crippen LogP contribution in [0.4, 0.5) is 5.95 Å².